The fourth-order valence-electron chi connectivity index (χ4n) is 4.37. The van der Waals surface area contributed by atoms with Gasteiger partial charge in [-0.25, -0.2) is 13.1 Å². The lowest BCUT2D eigenvalue weighted by Gasteiger charge is -2.34. The lowest BCUT2D eigenvalue weighted by molar-refractivity contribution is 0.125. The van der Waals surface area contributed by atoms with E-state index in [1.165, 1.54) is 16.7 Å². The molecule has 2 aliphatic rings. The van der Waals surface area contributed by atoms with Crippen LogP contribution in [-0.2, 0) is 16.6 Å². The van der Waals surface area contributed by atoms with E-state index in [9.17, 15) is 8.42 Å². The van der Waals surface area contributed by atoms with E-state index >= 15 is 0 Å². The van der Waals surface area contributed by atoms with Gasteiger partial charge in [-0.05, 0) is 61.1 Å². The number of hydrogen-bond donors (Lipinski definition) is 1. The van der Waals surface area contributed by atoms with Gasteiger partial charge in [-0.15, -0.1) is 0 Å². The standard InChI is InChI=1S/C26H36ClN3O2S/c27-25-11-9-24(10-12-25)23-7-5-22(6-8-23)21-30-18-16-29(17-19-30)15-3-1-2-4-20-33(31,32)28-26-13-14-26/h5-12,26,28H,1-4,13-21H2. The van der Waals surface area contributed by atoms with Crippen molar-refractivity contribution in [3.8, 4) is 11.1 Å². The number of nitrogens with zero attached hydrogens (tertiary/aromatic N) is 2. The molecule has 0 atom stereocenters. The SMILES string of the molecule is O=S(=O)(CCCCCCN1CCN(Cc2ccc(-c3ccc(Cl)cc3)cc2)CC1)NC1CC1. The van der Waals surface area contributed by atoms with Crippen LogP contribution in [0.4, 0.5) is 0 Å². The smallest absolute Gasteiger partial charge is 0.211 e. The zero-order valence-corrected chi connectivity index (χ0v) is 21.0. The number of piperazine rings is 1. The molecule has 2 aromatic carbocycles. The average molecular weight is 490 g/mol. The topological polar surface area (TPSA) is 52.7 Å². The largest absolute Gasteiger partial charge is 0.301 e. The van der Waals surface area contributed by atoms with Gasteiger partial charge in [0.2, 0.25) is 10.0 Å². The van der Waals surface area contributed by atoms with Crippen LogP contribution in [0.2, 0.25) is 5.02 Å². The molecule has 2 aromatic rings. The number of benzene rings is 2. The Bertz CT molecular complexity index is 968. The first kappa shape index (κ1) is 24.7. The predicted octanol–water partition coefficient (Wildman–Crippen LogP) is 4.77. The molecule has 33 heavy (non-hydrogen) atoms. The third-order valence-electron chi connectivity index (χ3n) is 6.56. The number of halogens is 1. The summed E-state index contributed by atoms with van der Waals surface area (Å²) in [6, 6.07) is 17.1. The van der Waals surface area contributed by atoms with Gasteiger partial charge in [0.25, 0.3) is 0 Å². The zero-order valence-electron chi connectivity index (χ0n) is 19.4. The molecule has 0 spiro atoms. The lowest BCUT2D eigenvalue weighted by atomic mass is 10.0. The maximum atomic E-state index is 11.9. The minimum atomic E-state index is -3.05. The molecule has 0 aromatic heterocycles. The van der Waals surface area contributed by atoms with E-state index in [1.54, 1.807) is 0 Å². The van der Waals surface area contributed by atoms with Crippen LogP contribution in [0.15, 0.2) is 48.5 Å². The van der Waals surface area contributed by atoms with Crippen molar-refractivity contribution < 1.29 is 8.42 Å². The van der Waals surface area contributed by atoms with Crippen LogP contribution < -0.4 is 4.72 Å². The van der Waals surface area contributed by atoms with Crippen LogP contribution in [0, 0.1) is 0 Å². The van der Waals surface area contributed by atoms with Crippen LogP contribution in [0.1, 0.15) is 44.1 Å². The molecule has 180 valence electrons. The van der Waals surface area contributed by atoms with Gasteiger partial charge in [0.15, 0.2) is 0 Å². The molecule has 1 aliphatic carbocycles. The molecule has 0 radical (unpaired) electrons. The Morgan fingerprint density at radius 3 is 2.00 bits per heavy atom. The number of hydrogen-bond acceptors (Lipinski definition) is 4. The van der Waals surface area contributed by atoms with Crippen LogP contribution in [0.3, 0.4) is 0 Å². The Balaban J connectivity index is 1.09. The van der Waals surface area contributed by atoms with Crippen molar-refractivity contribution in [3.63, 3.8) is 0 Å². The normalized spacial score (nSPS) is 18.0. The Labute approximate surface area is 204 Å². The van der Waals surface area contributed by atoms with Gasteiger partial charge in [-0.3, -0.25) is 4.90 Å². The van der Waals surface area contributed by atoms with Gasteiger partial charge >= 0.3 is 0 Å². The number of unbranched alkanes of at least 4 members (excludes halogenated alkanes) is 3. The van der Waals surface area contributed by atoms with Gasteiger partial charge in [-0.1, -0.05) is 60.8 Å². The number of rotatable bonds is 12. The molecule has 0 unspecified atom stereocenters. The molecular weight excluding hydrogens is 454 g/mol. The summed E-state index contributed by atoms with van der Waals surface area (Å²) >= 11 is 5.99. The summed E-state index contributed by atoms with van der Waals surface area (Å²) in [5, 5.41) is 0.765. The zero-order chi connectivity index (χ0) is 23.1. The highest BCUT2D eigenvalue weighted by Crippen LogP contribution is 2.23. The Hall–Kier alpha value is -1.44. The molecule has 1 heterocycles. The van der Waals surface area contributed by atoms with Crippen molar-refractivity contribution >= 4 is 21.6 Å². The van der Waals surface area contributed by atoms with Crippen molar-refractivity contribution in [3.05, 3.63) is 59.1 Å². The summed E-state index contributed by atoms with van der Waals surface area (Å²) in [4.78, 5) is 5.08. The number of nitrogens with one attached hydrogen (secondary N) is 1. The van der Waals surface area contributed by atoms with Crippen molar-refractivity contribution in [1.82, 2.24) is 14.5 Å². The van der Waals surface area contributed by atoms with Gasteiger partial charge in [0.1, 0.15) is 0 Å². The second-order valence-corrected chi connectivity index (χ2v) is 11.8. The Morgan fingerprint density at radius 2 is 1.36 bits per heavy atom. The first-order chi connectivity index (χ1) is 16.0. The quantitative estimate of drug-likeness (QED) is 0.436. The van der Waals surface area contributed by atoms with Crippen LogP contribution in [0.25, 0.3) is 11.1 Å². The molecule has 0 bridgehead atoms. The van der Waals surface area contributed by atoms with Gasteiger partial charge in [-0.2, -0.15) is 0 Å². The van der Waals surface area contributed by atoms with Crippen molar-refractivity contribution in [1.29, 1.82) is 0 Å². The lowest BCUT2D eigenvalue weighted by Crippen LogP contribution is -2.46. The molecule has 0 amide bonds. The fourth-order valence-corrected chi connectivity index (χ4v) is 5.94. The van der Waals surface area contributed by atoms with E-state index in [1.807, 2.05) is 12.1 Å². The summed E-state index contributed by atoms with van der Waals surface area (Å²) in [6.07, 6.45) is 6.04. The minimum absolute atomic E-state index is 0.224. The summed E-state index contributed by atoms with van der Waals surface area (Å²) in [6.45, 7) is 6.55. The van der Waals surface area contributed by atoms with E-state index < -0.39 is 10.0 Å². The van der Waals surface area contributed by atoms with Gasteiger partial charge in [0.05, 0.1) is 5.75 Å². The van der Waals surface area contributed by atoms with E-state index in [4.69, 9.17) is 11.6 Å². The van der Waals surface area contributed by atoms with Gasteiger partial charge < -0.3 is 4.90 Å². The minimum Gasteiger partial charge on any atom is -0.301 e. The molecule has 4 rings (SSSR count). The third-order valence-corrected chi connectivity index (χ3v) is 8.33. The molecule has 7 heteroatoms. The Morgan fingerprint density at radius 1 is 0.788 bits per heavy atom. The van der Waals surface area contributed by atoms with Crippen LogP contribution in [-0.4, -0.2) is 62.7 Å². The molecule has 2 fully saturated rings. The summed E-state index contributed by atoms with van der Waals surface area (Å²) in [7, 11) is -3.05. The maximum absolute atomic E-state index is 11.9. The molecule has 5 nitrogen and oxygen atoms in total. The predicted molar refractivity (Wildman–Crippen MR) is 137 cm³/mol. The summed E-state index contributed by atoms with van der Waals surface area (Å²) < 4.78 is 26.5. The highest BCUT2D eigenvalue weighted by Gasteiger charge is 2.26. The van der Waals surface area contributed by atoms with Crippen LogP contribution >= 0.6 is 11.6 Å². The van der Waals surface area contributed by atoms with Gasteiger partial charge in [0, 0.05) is 43.8 Å². The van der Waals surface area contributed by atoms with Crippen molar-refractivity contribution in [2.75, 3.05) is 38.5 Å². The second-order valence-electron chi connectivity index (χ2n) is 9.45. The second kappa shape index (κ2) is 11.8. The maximum Gasteiger partial charge on any atom is 0.211 e. The van der Waals surface area contributed by atoms with E-state index in [0.29, 0.717) is 0 Å². The molecule has 1 N–H and O–H groups in total. The summed E-state index contributed by atoms with van der Waals surface area (Å²) in [5.41, 5.74) is 3.76. The average Bonchev–Trinajstić information content (AvgIpc) is 3.62. The van der Waals surface area contributed by atoms with E-state index in [-0.39, 0.29) is 11.8 Å². The van der Waals surface area contributed by atoms with E-state index in [0.717, 1.165) is 82.8 Å². The summed E-state index contributed by atoms with van der Waals surface area (Å²) in [5.74, 6) is 0.281. The van der Waals surface area contributed by atoms with Crippen LogP contribution in [0.5, 0.6) is 0 Å². The highest BCUT2D eigenvalue weighted by atomic mass is 35.5. The number of sulfonamides is 1. The first-order valence-electron chi connectivity index (χ1n) is 12.3. The molecular formula is C26H36ClN3O2S. The fraction of sp³-hybridized carbons (Fsp3) is 0.538. The third kappa shape index (κ3) is 8.37. The molecule has 1 saturated carbocycles. The monoisotopic (exact) mass is 489 g/mol. The molecule has 1 aliphatic heterocycles. The molecule has 1 saturated heterocycles. The Kier molecular flexibility index (Phi) is 8.83. The van der Waals surface area contributed by atoms with Crippen molar-refractivity contribution in [2.45, 2.75) is 51.1 Å². The first-order valence-corrected chi connectivity index (χ1v) is 14.3. The van der Waals surface area contributed by atoms with Crippen molar-refractivity contribution in [2.24, 2.45) is 0 Å². The van der Waals surface area contributed by atoms with E-state index in [2.05, 4.69) is 50.9 Å². The highest BCUT2D eigenvalue weighted by molar-refractivity contribution is 7.89.